The molecule has 0 saturated heterocycles. The van der Waals surface area contributed by atoms with Crippen LogP contribution in [-0.2, 0) is 0 Å². The molecule has 2 heteroatoms. The van der Waals surface area contributed by atoms with Gasteiger partial charge in [0.1, 0.15) is 0 Å². The molecule has 14 heavy (non-hydrogen) atoms. The van der Waals surface area contributed by atoms with E-state index < -0.39 is 0 Å². The van der Waals surface area contributed by atoms with E-state index in [1.165, 1.54) is 32.1 Å². The van der Waals surface area contributed by atoms with Crippen molar-refractivity contribution in [3.8, 4) is 0 Å². The summed E-state index contributed by atoms with van der Waals surface area (Å²) in [6.07, 6.45) is 8.34. The van der Waals surface area contributed by atoms with Gasteiger partial charge < -0.3 is 10.4 Å². The largest absolute Gasteiger partial charge is 0.389 e. The Balaban J connectivity index is 1.99. The molecule has 84 valence electrons. The third-order valence-corrected chi connectivity index (χ3v) is 3.30. The monoisotopic (exact) mass is 199 g/mol. The minimum absolute atomic E-state index is 0.362. The fourth-order valence-corrected chi connectivity index (χ4v) is 1.93. The van der Waals surface area contributed by atoms with E-state index in [2.05, 4.69) is 19.2 Å². The lowest BCUT2D eigenvalue weighted by Crippen LogP contribution is -2.48. The lowest BCUT2D eigenvalue weighted by atomic mass is 9.80. The first kappa shape index (κ1) is 12.0. The van der Waals surface area contributed by atoms with Crippen molar-refractivity contribution < 1.29 is 5.11 Å². The molecule has 0 aliphatic heterocycles. The van der Waals surface area contributed by atoms with Crippen LogP contribution in [0.25, 0.3) is 0 Å². The summed E-state index contributed by atoms with van der Waals surface area (Å²) in [6.45, 7) is 5.24. The van der Waals surface area contributed by atoms with Crippen molar-refractivity contribution in [2.24, 2.45) is 0 Å². The minimum atomic E-state index is -0.362. The van der Waals surface area contributed by atoms with Crippen molar-refractivity contribution >= 4 is 0 Å². The third kappa shape index (κ3) is 3.97. The van der Waals surface area contributed by atoms with Gasteiger partial charge in [-0.3, -0.25) is 0 Å². The highest BCUT2D eigenvalue weighted by atomic mass is 16.3. The van der Waals surface area contributed by atoms with Gasteiger partial charge in [-0.05, 0) is 32.6 Å². The predicted molar refractivity (Wildman–Crippen MR) is 60.4 cm³/mol. The Kier molecular flexibility index (Phi) is 4.90. The molecule has 0 aromatic rings. The highest BCUT2D eigenvalue weighted by molar-refractivity contribution is 4.89. The Morgan fingerprint density at radius 2 is 2.07 bits per heavy atom. The highest BCUT2D eigenvalue weighted by Crippen LogP contribution is 2.30. The van der Waals surface area contributed by atoms with Crippen molar-refractivity contribution in [1.29, 1.82) is 0 Å². The van der Waals surface area contributed by atoms with Crippen molar-refractivity contribution in [3.05, 3.63) is 0 Å². The first-order valence-electron chi connectivity index (χ1n) is 6.12. The molecule has 2 N–H and O–H groups in total. The molecule has 1 rings (SSSR count). The number of nitrogens with one attached hydrogen (secondary N) is 1. The normalized spacial score (nSPS) is 21.6. The molecular weight excluding hydrogens is 174 g/mol. The van der Waals surface area contributed by atoms with Crippen LogP contribution in [0.15, 0.2) is 0 Å². The van der Waals surface area contributed by atoms with Crippen LogP contribution in [0.4, 0.5) is 0 Å². The zero-order valence-electron chi connectivity index (χ0n) is 9.68. The second-order valence-electron chi connectivity index (χ2n) is 4.86. The first-order chi connectivity index (χ1) is 6.66. The van der Waals surface area contributed by atoms with Gasteiger partial charge in [0.25, 0.3) is 0 Å². The van der Waals surface area contributed by atoms with Crippen LogP contribution in [0.5, 0.6) is 0 Å². The maximum absolute atomic E-state index is 9.87. The predicted octanol–water partition coefficient (Wildman–Crippen LogP) is 2.46. The summed E-state index contributed by atoms with van der Waals surface area (Å²) >= 11 is 0. The van der Waals surface area contributed by atoms with Crippen molar-refractivity contribution in [1.82, 2.24) is 5.32 Å². The van der Waals surface area contributed by atoms with E-state index in [-0.39, 0.29) is 5.60 Å². The van der Waals surface area contributed by atoms with Crippen LogP contribution in [-0.4, -0.2) is 23.3 Å². The number of unbranched alkanes of at least 4 members (excludes halogenated alkanes) is 2. The smallest absolute Gasteiger partial charge is 0.0771 e. The fourth-order valence-electron chi connectivity index (χ4n) is 1.93. The maximum atomic E-state index is 9.87. The summed E-state index contributed by atoms with van der Waals surface area (Å²) in [5.74, 6) is 0. The summed E-state index contributed by atoms with van der Waals surface area (Å²) in [5.41, 5.74) is -0.362. The Bertz CT molecular complexity index is 154. The molecule has 0 aromatic heterocycles. The number of hydrogen-bond acceptors (Lipinski definition) is 2. The van der Waals surface area contributed by atoms with Gasteiger partial charge in [0.05, 0.1) is 5.60 Å². The van der Waals surface area contributed by atoms with Crippen LogP contribution in [0.1, 0.15) is 58.8 Å². The molecule has 0 aromatic carbocycles. The van der Waals surface area contributed by atoms with E-state index in [9.17, 15) is 5.11 Å². The summed E-state index contributed by atoms with van der Waals surface area (Å²) in [7, 11) is 0. The fraction of sp³-hybridized carbons (Fsp3) is 1.00. The molecule has 1 unspecified atom stereocenters. The molecule has 2 nitrogen and oxygen atoms in total. The summed E-state index contributed by atoms with van der Waals surface area (Å²) in [6, 6.07) is 0.561. The van der Waals surface area contributed by atoms with E-state index >= 15 is 0 Å². The summed E-state index contributed by atoms with van der Waals surface area (Å²) < 4.78 is 0. The number of rotatable bonds is 7. The molecule has 1 aliphatic carbocycles. The molecule has 1 atom stereocenters. The zero-order valence-corrected chi connectivity index (χ0v) is 9.68. The highest BCUT2D eigenvalue weighted by Gasteiger charge is 2.33. The third-order valence-electron chi connectivity index (χ3n) is 3.30. The molecule has 0 radical (unpaired) electrons. The quantitative estimate of drug-likeness (QED) is 0.617. The molecule has 0 bridgehead atoms. The molecule has 0 heterocycles. The second kappa shape index (κ2) is 5.72. The Labute approximate surface area is 88.1 Å². The molecule has 0 spiro atoms. The average molecular weight is 199 g/mol. The molecular formula is C12H25NO. The van der Waals surface area contributed by atoms with Gasteiger partial charge in [-0.15, -0.1) is 0 Å². The van der Waals surface area contributed by atoms with Crippen molar-refractivity contribution in [2.75, 3.05) is 6.54 Å². The van der Waals surface area contributed by atoms with E-state index in [0.29, 0.717) is 6.04 Å². The molecule has 0 amide bonds. The van der Waals surface area contributed by atoms with E-state index in [0.717, 1.165) is 19.4 Å². The van der Waals surface area contributed by atoms with Crippen LogP contribution >= 0.6 is 0 Å². The average Bonchev–Trinajstić information content (AvgIpc) is 2.12. The SMILES string of the molecule is CCCCCC(C)NCC1(O)CCC1. The topological polar surface area (TPSA) is 32.3 Å². The van der Waals surface area contributed by atoms with Crippen LogP contribution in [0.3, 0.4) is 0 Å². The molecule has 1 fully saturated rings. The van der Waals surface area contributed by atoms with E-state index in [4.69, 9.17) is 0 Å². The van der Waals surface area contributed by atoms with Crippen LogP contribution in [0.2, 0.25) is 0 Å². The van der Waals surface area contributed by atoms with E-state index in [1.807, 2.05) is 0 Å². The Morgan fingerprint density at radius 3 is 2.57 bits per heavy atom. The Hall–Kier alpha value is -0.0800. The zero-order chi connectivity index (χ0) is 10.4. The van der Waals surface area contributed by atoms with Gasteiger partial charge in [0.2, 0.25) is 0 Å². The van der Waals surface area contributed by atoms with Gasteiger partial charge in [0, 0.05) is 12.6 Å². The van der Waals surface area contributed by atoms with Crippen molar-refractivity contribution in [2.45, 2.75) is 70.4 Å². The van der Waals surface area contributed by atoms with Crippen molar-refractivity contribution in [3.63, 3.8) is 0 Å². The number of aliphatic hydroxyl groups is 1. The minimum Gasteiger partial charge on any atom is -0.389 e. The lowest BCUT2D eigenvalue weighted by molar-refractivity contribution is -0.0330. The van der Waals surface area contributed by atoms with Crippen LogP contribution < -0.4 is 5.32 Å². The first-order valence-corrected chi connectivity index (χ1v) is 6.12. The Morgan fingerprint density at radius 1 is 1.36 bits per heavy atom. The summed E-state index contributed by atoms with van der Waals surface area (Å²) in [5, 5.41) is 13.3. The maximum Gasteiger partial charge on any atom is 0.0771 e. The molecule has 1 saturated carbocycles. The van der Waals surface area contributed by atoms with Gasteiger partial charge in [0.15, 0.2) is 0 Å². The summed E-state index contributed by atoms with van der Waals surface area (Å²) in [4.78, 5) is 0. The van der Waals surface area contributed by atoms with Crippen LogP contribution in [0, 0.1) is 0 Å². The van der Waals surface area contributed by atoms with Gasteiger partial charge in [-0.1, -0.05) is 26.2 Å². The van der Waals surface area contributed by atoms with E-state index in [1.54, 1.807) is 0 Å². The standard InChI is InChI=1S/C12H25NO/c1-3-4-5-7-11(2)13-10-12(14)8-6-9-12/h11,13-14H,3-10H2,1-2H3. The number of hydrogen-bond donors (Lipinski definition) is 2. The molecule has 1 aliphatic rings. The second-order valence-corrected chi connectivity index (χ2v) is 4.86. The van der Waals surface area contributed by atoms with Gasteiger partial charge >= 0.3 is 0 Å². The lowest BCUT2D eigenvalue weighted by Gasteiger charge is -2.37. The van der Waals surface area contributed by atoms with Gasteiger partial charge in [-0.25, -0.2) is 0 Å². The van der Waals surface area contributed by atoms with Gasteiger partial charge in [-0.2, -0.15) is 0 Å².